The van der Waals surface area contributed by atoms with Crippen molar-refractivity contribution in [3.05, 3.63) is 70.4 Å². The fourth-order valence-electron chi connectivity index (χ4n) is 4.10. The quantitative estimate of drug-likeness (QED) is 0.344. The van der Waals surface area contributed by atoms with Gasteiger partial charge in [-0.3, -0.25) is 4.57 Å². The van der Waals surface area contributed by atoms with Crippen molar-refractivity contribution in [3.63, 3.8) is 0 Å². The second-order valence-corrected chi connectivity index (χ2v) is 8.25. The molecule has 0 saturated carbocycles. The highest BCUT2D eigenvalue weighted by molar-refractivity contribution is 5.80. The predicted molar refractivity (Wildman–Crippen MR) is 129 cm³/mol. The zero-order chi connectivity index (χ0) is 23.0. The van der Waals surface area contributed by atoms with E-state index in [1.165, 1.54) is 19.3 Å². The number of hydrogen-bond donors (Lipinski definition) is 1. The lowest BCUT2D eigenvalue weighted by Crippen LogP contribution is -2.26. The van der Waals surface area contributed by atoms with Crippen molar-refractivity contribution in [1.82, 2.24) is 35.0 Å². The number of tetrazole rings is 1. The molecule has 0 aliphatic rings. The molecule has 0 spiro atoms. The monoisotopic (exact) mass is 445 g/mol. The highest BCUT2D eigenvalue weighted by atomic mass is 16.2. The molecule has 2 aromatic heterocycles. The summed E-state index contributed by atoms with van der Waals surface area (Å²) in [5.74, 6) is 1.40. The third-order valence-corrected chi connectivity index (χ3v) is 5.91. The van der Waals surface area contributed by atoms with Crippen LogP contribution < -0.4 is 5.69 Å². The van der Waals surface area contributed by atoms with Gasteiger partial charge in [-0.25, -0.2) is 9.48 Å². The Morgan fingerprint density at radius 1 is 0.909 bits per heavy atom. The highest BCUT2D eigenvalue weighted by Gasteiger charge is 2.14. The third-order valence-electron chi connectivity index (χ3n) is 5.91. The van der Waals surface area contributed by atoms with Crippen LogP contribution in [0.5, 0.6) is 0 Å². The van der Waals surface area contributed by atoms with Gasteiger partial charge in [0.1, 0.15) is 5.82 Å². The van der Waals surface area contributed by atoms with E-state index in [1.807, 2.05) is 31.2 Å². The molecule has 0 amide bonds. The van der Waals surface area contributed by atoms with Crippen LogP contribution in [0.15, 0.2) is 53.3 Å². The van der Waals surface area contributed by atoms with Gasteiger partial charge in [0, 0.05) is 18.5 Å². The summed E-state index contributed by atoms with van der Waals surface area (Å²) in [5, 5.41) is 19.0. The zero-order valence-electron chi connectivity index (χ0n) is 19.4. The van der Waals surface area contributed by atoms with E-state index < -0.39 is 0 Å². The van der Waals surface area contributed by atoms with Crippen LogP contribution in [-0.2, 0) is 19.5 Å². The number of nitrogens with zero attached hydrogens (tertiary/aromatic N) is 6. The Labute approximate surface area is 193 Å². The van der Waals surface area contributed by atoms with Crippen molar-refractivity contribution in [3.8, 4) is 22.5 Å². The Hall–Kier alpha value is -3.55. The Balaban J connectivity index is 1.51. The highest BCUT2D eigenvalue weighted by Crippen LogP contribution is 2.29. The molecule has 0 aliphatic carbocycles. The number of unbranched alkanes of at least 4 members (excludes halogenated alkanes) is 4. The number of benzene rings is 2. The van der Waals surface area contributed by atoms with E-state index in [0.29, 0.717) is 18.9 Å². The number of nitrogens with one attached hydrogen (secondary N) is 1. The molecule has 0 aliphatic heterocycles. The average Bonchev–Trinajstić information content (AvgIpc) is 3.49. The van der Waals surface area contributed by atoms with Gasteiger partial charge in [0.05, 0.1) is 6.54 Å². The molecule has 2 aromatic carbocycles. The molecule has 0 unspecified atom stereocenters. The Kier molecular flexibility index (Phi) is 7.44. The molecule has 172 valence electrons. The van der Waals surface area contributed by atoms with Crippen LogP contribution in [0.1, 0.15) is 57.3 Å². The van der Waals surface area contributed by atoms with E-state index in [-0.39, 0.29) is 5.69 Å². The van der Waals surface area contributed by atoms with Crippen LogP contribution in [0.3, 0.4) is 0 Å². The molecule has 0 fully saturated rings. The standard InChI is InChI=1S/C25H31N7O/c1-3-5-6-7-10-17-32-25(33)31(23(4-2)28-32)18-19-13-15-20(16-14-19)21-11-8-9-12-22(21)24-26-29-30-27-24/h8-9,11-16H,3-7,10,17-18H2,1-2H3,(H,26,27,29,30). The van der Waals surface area contributed by atoms with Gasteiger partial charge in [-0.15, -0.1) is 10.2 Å². The first kappa shape index (κ1) is 22.6. The maximum absolute atomic E-state index is 13.0. The van der Waals surface area contributed by atoms with Crippen molar-refractivity contribution < 1.29 is 0 Å². The number of rotatable bonds is 11. The minimum atomic E-state index is -0.0196. The summed E-state index contributed by atoms with van der Waals surface area (Å²) in [6.07, 6.45) is 6.55. The molecular formula is C25H31N7O. The van der Waals surface area contributed by atoms with E-state index >= 15 is 0 Å². The number of hydrogen-bond acceptors (Lipinski definition) is 5. The van der Waals surface area contributed by atoms with Gasteiger partial charge in [-0.05, 0) is 28.3 Å². The van der Waals surface area contributed by atoms with Crippen molar-refractivity contribution in [2.24, 2.45) is 0 Å². The number of aromatic nitrogens is 7. The van der Waals surface area contributed by atoms with Crippen molar-refractivity contribution >= 4 is 0 Å². The molecular weight excluding hydrogens is 414 g/mol. The predicted octanol–water partition coefficient (Wildman–Crippen LogP) is 4.47. The van der Waals surface area contributed by atoms with Crippen molar-refractivity contribution in [2.45, 2.75) is 65.5 Å². The van der Waals surface area contributed by atoms with Gasteiger partial charge in [-0.1, -0.05) is 88.1 Å². The number of aryl methyl sites for hydroxylation is 2. The lowest BCUT2D eigenvalue weighted by molar-refractivity contribution is 0.515. The fourth-order valence-corrected chi connectivity index (χ4v) is 4.10. The molecule has 8 heteroatoms. The van der Waals surface area contributed by atoms with Gasteiger partial charge in [-0.2, -0.15) is 10.3 Å². The summed E-state index contributed by atoms with van der Waals surface area (Å²) in [6.45, 7) is 5.46. The van der Waals surface area contributed by atoms with E-state index in [1.54, 1.807) is 9.25 Å². The van der Waals surface area contributed by atoms with Crippen LogP contribution >= 0.6 is 0 Å². The summed E-state index contributed by atoms with van der Waals surface area (Å²) in [5.41, 5.74) is 4.06. The van der Waals surface area contributed by atoms with Crippen LogP contribution in [0.25, 0.3) is 22.5 Å². The van der Waals surface area contributed by atoms with Crippen LogP contribution in [0, 0.1) is 0 Å². The lowest BCUT2D eigenvalue weighted by atomic mass is 9.98. The van der Waals surface area contributed by atoms with E-state index in [2.05, 4.69) is 56.9 Å². The Morgan fingerprint density at radius 3 is 2.36 bits per heavy atom. The zero-order valence-corrected chi connectivity index (χ0v) is 19.4. The lowest BCUT2D eigenvalue weighted by Gasteiger charge is -2.09. The molecule has 0 saturated heterocycles. The first-order chi connectivity index (χ1) is 16.2. The maximum atomic E-state index is 13.0. The normalized spacial score (nSPS) is 11.2. The van der Waals surface area contributed by atoms with Crippen molar-refractivity contribution in [2.75, 3.05) is 0 Å². The summed E-state index contributed by atoms with van der Waals surface area (Å²) in [7, 11) is 0. The number of H-pyrrole nitrogens is 1. The average molecular weight is 446 g/mol. The molecule has 0 radical (unpaired) electrons. The van der Waals surface area contributed by atoms with Gasteiger partial charge in [0.25, 0.3) is 0 Å². The Bertz CT molecular complexity index is 1210. The van der Waals surface area contributed by atoms with Crippen LogP contribution in [-0.4, -0.2) is 35.0 Å². The molecule has 4 aromatic rings. The van der Waals surface area contributed by atoms with E-state index in [9.17, 15) is 4.79 Å². The molecule has 1 N–H and O–H groups in total. The second kappa shape index (κ2) is 10.8. The first-order valence-corrected chi connectivity index (χ1v) is 11.8. The SMILES string of the molecule is CCCCCCCn1nc(CC)n(Cc2ccc(-c3ccccc3-c3nn[nH]n3)cc2)c1=O. The van der Waals surface area contributed by atoms with E-state index in [4.69, 9.17) is 0 Å². The number of aromatic amines is 1. The maximum Gasteiger partial charge on any atom is 0.346 e. The summed E-state index contributed by atoms with van der Waals surface area (Å²) in [4.78, 5) is 13.0. The van der Waals surface area contributed by atoms with Crippen molar-refractivity contribution in [1.29, 1.82) is 0 Å². The third kappa shape index (κ3) is 5.27. The largest absolute Gasteiger partial charge is 0.346 e. The molecule has 0 bridgehead atoms. The van der Waals surface area contributed by atoms with Gasteiger partial charge >= 0.3 is 5.69 Å². The fraction of sp³-hybridized carbons (Fsp3) is 0.400. The molecule has 0 atom stereocenters. The molecule has 2 heterocycles. The first-order valence-electron chi connectivity index (χ1n) is 11.8. The van der Waals surface area contributed by atoms with E-state index in [0.717, 1.165) is 47.3 Å². The van der Waals surface area contributed by atoms with Gasteiger partial charge in [0.15, 0.2) is 0 Å². The minimum absolute atomic E-state index is 0.0196. The molecule has 8 nitrogen and oxygen atoms in total. The van der Waals surface area contributed by atoms with Crippen LogP contribution in [0.4, 0.5) is 0 Å². The molecule has 33 heavy (non-hydrogen) atoms. The molecule has 4 rings (SSSR count). The summed E-state index contributed by atoms with van der Waals surface area (Å²) >= 11 is 0. The topological polar surface area (TPSA) is 94.3 Å². The van der Waals surface area contributed by atoms with Crippen LogP contribution in [0.2, 0.25) is 0 Å². The summed E-state index contributed by atoms with van der Waals surface area (Å²) < 4.78 is 3.44. The second-order valence-electron chi connectivity index (χ2n) is 8.25. The Morgan fingerprint density at radius 2 is 1.67 bits per heavy atom. The summed E-state index contributed by atoms with van der Waals surface area (Å²) in [6, 6.07) is 16.3. The van der Waals surface area contributed by atoms with Gasteiger partial charge < -0.3 is 0 Å². The smallest absolute Gasteiger partial charge is 0.274 e. The van der Waals surface area contributed by atoms with Gasteiger partial charge in [0.2, 0.25) is 5.82 Å². The minimum Gasteiger partial charge on any atom is -0.274 e.